The van der Waals surface area contributed by atoms with Gasteiger partial charge in [-0.2, -0.15) is 0 Å². The fourth-order valence-electron chi connectivity index (χ4n) is 1.19. The summed E-state index contributed by atoms with van der Waals surface area (Å²) in [5.41, 5.74) is 0. The summed E-state index contributed by atoms with van der Waals surface area (Å²) < 4.78 is 5.50. The minimum Gasteiger partial charge on any atom is -0.508 e. The summed E-state index contributed by atoms with van der Waals surface area (Å²) in [6, 6.07) is 13.9. The van der Waals surface area contributed by atoms with Crippen molar-refractivity contribution >= 4 is 11.6 Å². The third-order valence-corrected chi connectivity index (χ3v) is 2.20. The molecule has 2 nitrogen and oxygen atoms in total. The van der Waals surface area contributed by atoms with Crippen LogP contribution in [-0.4, -0.2) is 5.11 Å². The molecule has 0 fully saturated rings. The van der Waals surface area contributed by atoms with Gasteiger partial charge < -0.3 is 9.84 Å². The molecule has 2 rings (SSSR count). The maximum absolute atomic E-state index is 9.28. The second-order valence-electron chi connectivity index (χ2n) is 3.03. The lowest BCUT2D eigenvalue weighted by atomic mass is 10.3. The van der Waals surface area contributed by atoms with Crippen LogP contribution < -0.4 is 4.74 Å². The standard InChI is InChI=1S/C12H9ClO2/c13-11-7-6-9(14)8-12(11)15-10-4-2-1-3-5-10/h1-8,14H. The molecule has 0 aliphatic carbocycles. The molecular weight excluding hydrogens is 212 g/mol. The summed E-state index contributed by atoms with van der Waals surface area (Å²) in [5, 5.41) is 9.75. The molecule has 76 valence electrons. The Labute approximate surface area is 92.7 Å². The molecule has 0 unspecified atom stereocenters. The Hall–Kier alpha value is -1.67. The number of phenolic OH excluding ortho intramolecular Hbond substituents is 1. The van der Waals surface area contributed by atoms with Crippen molar-refractivity contribution in [2.75, 3.05) is 0 Å². The average molecular weight is 221 g/mol. The molecule has 0 aliphatic rings. The van der Waals surface area contributed by atoms with Crippen LogP contribution in [0.5, 0.6) is 17.2 Å². The first-order chi connectivity index (χ1) is 7.25. The van der Waals surface area contributed by atoms with Crippen molar-refractivity contribution in [1.82, 2.24) is 0 Å². The van der Waals surface area contributed by atoms with Crippen LogP contribution in [0.2, 0.25) is 5.02 Å². The van der Waals surface area contributed by atoms with Gasteiger partial charge in [-0.15, -0.1) is 0 Å². The number of ether oxygens (including phenoxy) is 1. The summed E-state index contributed by atoms with van der Waals surface area (Å²) in [6.45, 7) is 0. The normalized spacial score (nSPS) is 9.93. The highest BCUT2D eigenvalue weighted by atomic mass is 35.5. The molecule has 1 N–H and O–H groups in total. The minimum atomic E-state index is 0.130. The highest BCUT2D eigenvalue weighted by Gasteiger charge is 2.03. The number of hydrogen-bond acceptors (Lipinski definition) is 2. The van der Waals surface area contributed by atoms with E-state index in [0.29, 0.717) is 16.5 Å². The molecule has 0 saturated carbocycles. The molecule has 0 aromatic heterocycles. The second kappa shape index (κ2) is 4.24. The molecule has 0 saturated heterocycles. The molecule has 0 spiro atoms. The van der Waals surface area contributed by atoms with Crippen LogP contribution in [0.4, 0.5) is 0 Å². The van der Waals surface area contributed by atoms with Gasteiger partial charge in [-0.3, -0.25) is 0 Å². The average Bonchev–Trinajstić information content (AvgIpc) is 2.25. The van der Waals surface area contributed by atoms with Crippen LogP contribution in [0.1, 0.15) is 0 Å². The first-order valence-corrected chi connectivity index (χ1v) is 4.85. The van der Waals surface area contributed by atoms with Crippen molar-refractivity contribution in [2.24, 2.45) is 0 Å². The van der Waals surface area contributed by atoms with Crippen molar-refractivity contribution in [3.63, 3.8) is 0 Å². The Morgan fingerprint density at radius 2 is 1.73 bits per heavy atom. The molecule has 2 aromatic rings. The second-order valence-corrected chi connectivity index (χ2v) is 3.44. The van der Waals surface area contributed by atoms with E-state index in [1.54, 1.807) is 6.07 Å². The van der Waals surface area contributed by atoms with Gasteiger partial charge in [0.05, 0.1) is 5.02 Å². The molecule has 15 heavy (non-hydrogen) atoms. The molecule has 2 aromatic carbocycles. The summed E-state index contributed by atoms with van der Waals surface area (Å²) in [5.74, 6) is 1.26. The Bertz CT molecular complexity index is 454. The third kappa shape index (κ3) is 2.42. The van der Waals surface area contributed by atoms with E-state index in [1.165, 1.54) is 12.1 Å². The molecular formula is C12H9ClO2. The Morgan fingerprint density at radius 3 is 2.47 bits per heavy atom. The zero-order valence-corrected chi connectivity index (χ0v) is 8.61. The fourth-order valence-corrected chi connectivity index (χ4v) is 1.34. The molecule has 0 aliphatic heterocycles. The highest BCUT2D eigenvalue weighted by molar-refractivity contribution is 6.32. The van der Waals surface area contributed by atoms with Gasteiger partial charge in [0.15, 0.2) is 0 Å². The van der Waals surface area contributed by atoms with Gasteiger partial charge in [-0.25, -0.2) is 0 Å². The number of aromatic hydroxyl groups is 1. The Kier molecular flexibility index (Phi) is 2.79. The van der Waals surface area contributed by atoms with E-state index >= 15 is 0 Å². The van der Waals surface area contributed by atoms with Gasteiger partial charge in [-0.1, -0.05) is 29.8 Å². The highest BCUT2D eigenvalue weighted by Crippen LogP contribution is 2.31. The lowest BCUT2D eigenvalue weighted by Crippen LogP contribution is -1.84. The lowest BCUT2D eigenvalue weighted by molar-refractivity contribution is 0.455. The topological polar surface area (TPSA) is 29.5 Å². The monoisotopic (exact) mass is 220 g/mol. The quantitative estimate of drug-likeness (QED) is 0.833. The lowest BCUT2D eigenvalue weighted by Gasteiger charge is -2.07. The van der Waals surface area contributed by atoms with Crippen molar-refractivity contribution in [2.45, 2.75) is 0 Å². The van der Waals surface area contributed by atoms with Gasteiger partial charge in [0.25, 0.3) is 0 Å². The first kappa shape index (κ1) is 9.87. The molecule has 0 bridgehead atoms. The SMILES string of the molecule is Oc1ccc(Cl)c(Oc2ccccc2)c1. The van der Waals surface area contributed by atoms with Crippen LogP contribution >= 0.6 is 11.6 Å². The third-order valence-electron chi connectivity index (χ3n) is 1.89. The van der Waals surface area contributed by atoms with Crippen LogP contribution in [0.25, 0.3) is 0 Å². The Balaban J connectivity index is 2.28. The van der Waals surface area contributed by atoms with Crippen molar-refractivity contribution in [1.29, 1.82) is 0 Å². The molecule has 0 amide bonds. The zero-order chi connectivity index (χ0) is 10.7. The summed E-state index contributed by atoms with van der Waals surface area (Å²) in [4.78, 5) is 0. The number of para-hydroxylation sites is 1. The summed E-state index contributed by atoms with van der Waals surface area (Å²) in [6.07, 6.45) is 0. The number of rotatable bonds is 2. The van der Waals surface area contributed by atoms with Gasteiger partial charge >= 0.3 is 0 Å². The van der Waals surface area contributed by atoms with Gasteiger partial charge in [0.1, 0.15) is 17.2 Å². The van der Waals surface area contributed by atoms with Gasteiger partial charge in [0, 0.05) is 6.07 Å². The van der Waals surface area contributed by atoms with Crippen molar-refractivity contribution < 1.29 is 9.84 Å². The van der Waals surface area contributed by atoms with E-state index < -0.39 is 0 Å². The van der Waals surface area contributed by atoms with Crippen LogP contribution in [-0.2, 0) is 0 Å². The van der Waals surface area contributed by atoms with E-state index in [1.807, 2.05) is 30.3 Å². The molecule has 0 radical (unpaired) electrons. The van der Waals surface area contributed by atoms with Gasteiger partial charge in [0.2, 0.25) is 0 Å². The van der Waals surface area contributed by atoms with E-state index in [4.69, 9.17) is 16.3 Å². The van der Waals surface area contributed by atoms with E-state index in [2.05, 4.69) is 0 Å². The maximum Gasteiger partial charge on any atom is 0.149 e. The number of halogens is 1. The van der Waals surface area contributed by atoms with Crippen LogP contribution in [0, 0.1) is 0 Å². The maximum atomic E-state index is 9.28. The summed E-state index contributed by atoms with van der Waals surface area (Å²) >= 11 is 5.91. The van der Waals surface area contributed by atoms with Gasteiger partial charge in [-0.05, 0) is 24.3 Å². The van der Waals surface area contributed by atoms with E-state index in [-0.39, 0.29) is 5.75 Å². The van der Waals surface area contributed by atoms with E-state index in [0.717, 1.165) is 0 Å². The smallest absolute Gasteiger partial charge is 0.149 e. The largest absolute Gasteiger partial charge is 0.508 e. The van der Waals surface area contributed by atoms with Crippen LogP contribution in [0.3, 0.4) is 0 Å². The molecule has 0 heterocycles. The summed E-state index contributed by atoms with van der Waals surface area (Å²) in [7, 11) is 0. The molecule has 3 heteroatoms. The predicted octanol–water partition coefficient (Wildman–Crippen LogP) is 3.84. The van der Waals surface area contributed by atoms with Crippen molar-refractivity contribution in [3.05, 3.63) is 53.6 Å². The van der Waals surface area contributed by atoms with Crippen LogP contribution in [0.15, 0.2) is 48.5 Å². The zero-order valence-electron chi connectivity index (χ0n) is 7.85. The minimum absolute atomic E-state index is 0.130. The Morgan fingerprint density at radius 1 is 1.00 bits per heavy atom. The number of benzene rings is 2. The predicted molar refractivity (Wildman–Crippen MR) is 59.6 cm³/mol. The van der Waals surface area contributed by atoms with E-state index in [9.17, 15) is 5.11 Å². The first-order valence-electron chi connectivity index (χ1n) is 4.47. The number of phenols is 1. The van der Waals surface area contributed by atoms with Crippen molar-refractivity contribution in [3.8, 4) is 17.2 Å². The fraction of sp³-hybridized carbons (Fsp3) is 0. The molecule has 0 atom stereocenters. The number of hydrogen-bond donors (Lipinski definition) is 1.